The lowest BCUT2D eigenvalue weighted by molar-refractivity contribution is -0.870. The fourth-order valence-electron chi connectivity index (χ4n) is 10.2. The Balaban J connectivity index is 5.00. The molecule has 1 N–H and O–H groups in total. The molecule has 1 amide bonds. The van der Waals surface area contributed by atoms with E-state index in [9.17, 15) is 19.0 Å². The van der Waals surface area contributed by atoms with Crippen LogP contribution >= 0.6 is 7.82 Å². The number of carbonyl (C=O) groups excluding carboxylic acids is 2. The number of nitrogens with one attached hydrogen (secondary N) is 1. The van der Waals surface area contributed by atoms with Crippen LogP contribution in [0.25, 0.3) is 0 Å². The van der Waals surface area contributed by atoms with Crippen LogP contribution in [-0.4, -0.2) is 69.4 Å². The molecule has 0 spiro atoms. The SMILES string of the molecule is CCCCC/C=C\C/C=C\C/C=C\CCCCCCCCCCCCCCCCC(=O)NC(COP(=O)([O-])OCC[N+](C)(C)C)C(/C=C\CCCCCCCCCCC)OC(=O)CCCCCCCCCC/C=C\C/C=C\C/C=C\CCCCC. The summed E-state index contributed by atoms with van der Waals surface area (Å²) in [5, 5.41) is 3.04. The highest BCUT2D eigenvalue weighted by molar-refractivity contribution is 7.45. The first-order valence-corrected chi connectivity index (χ1v) is 37.4. The van der Waals surface area contributed by atoms with E-state index < -0.39 is 26.6 Å². The standard InChI is InChI=1S/C75H137N2O7P/c1-7-10-13-16-19-22-25-27-29-31-33-35-36-37-38-39-40-42-43-45-47-49-52-55-58-61-64-67-74(78)76-72(71-83-85(80,81)82-70-69-77(4,5)6)73(66-63-60-57-54-51-24-21-18-15-12-9-3)84-75(79)68-65-62-59-56-53-50-48-46-44-41-34-32-30-28-26-23-20-17-14-11-8-2/h19-20,22-23,27-30,33-35,41,63,66,72-73H,7-18,21,24-26,31-32,36-40,42-62,64-65,67-71H2,1-6H3,(H-,76,78,80,81)/b22-19-,23-20-,29-27-,30-28-,35-33-,41-34-,66-63-. The molecular formula is C75H137N2O7P. The molecule has 0 aliphatic rings. The van der Waals surface area contributed by atoms with Crippen molar-refractivity contribution in [3.05, 3.63) is 85.1 Å². The van der Waals surface area contributed by atoms with Gasteiger partial charge in [0.25, 0.3) is 7.82 Å². The van der Waals surface area contributed by atoms with Crippen LogP contribution in [-0.2, 0) is 27.9 Å². The second kappa shape index (κ2) is 64.2. The zero-order valence-corrected chi connectivity index (χ0v) is 57.4. The summed E-state index contributed by atoms with van der Waals surface area (Å²) in [6.45, 7) is 6.81. The number of rotatable bonds is 65. The summed E-state index contributed by atoms with van der Waals surface area (Å²) in [5.41, 5.74) is 0. The Labute approximate surface area is 526 Å². The molecule has 0 aliphatic carbocycles. The van der Waals surface area contributed by atoms with E-state index in [-0.39, 0.29) is 24.9 Å². The molecule has 0 aromatic heterocycles. The third-order valence-corrected chi connectivity index (χ3v) is 16.8. The molecule has 9 nitrogen and oxygen atoms in total. The number of esters is 1. The highest BCUT2D eigenvalue weighted by atomic mass is 31.2. The number of carbonyl (C=O) groups is 2. The van der Waals surface area contributed by atoms with Crippen molar-refractivity contribution in [3.8, 4) is 0 Å². The molecule has 0 aromatic rings. The summed E-state index contributed by atoms with van der Waals surface area (Å²) in [7, 11) is 1.18. The van der Waals surface area contributed by atoms with Crippen LogP contribution in [0.3, 0.4) is 0 Å². The third kappa shape index (κ3) is 65.5. The average molecular weight is 1210 g/mol. The highest BCUT2D eigenvalue weighted by Crippen LogP contribution is 2.38. The van der Waals surface area contributed by atoms with Gasteiger partial charge in [-0.1, -0.05) is 292 Å². The predicted molar refractivity (Wildman–Crippen MR) is 367 cm³/mol. The Morgan fingerprint density at radius 3 is 1.09 bits per heavy atom. The highest BCUT2D eigenvalue weighted by Gasteiger charge is 2.27. The van der Waals surface area contributed by atoms with E-state index in [1.807, 2.05) is 33.3 Å². The van der Waals surface area contributed by atoms with Crippen molar-refractivity contribution in [1.82, 2.24) is 5.32 Å². The van der Waals surface area contributed by atoms with Crippen LogP contribution in [0.2, 0.25) is 0 Å². The molecule has 0 aliphatic heterocycles. The van der Waals surface area contributed by atoms with E-state index in [1.165, 1.54) is 199 Å². The molecule has 494 valence electrons. The number of ether oxygens (including phenoxy) is 1. The zero-order valence-electron chi connectivity index (χ0n) is 56.6. The average Bonchev–Trinajstić information content (AvgIpc) is 3.64. The maximum atomic E-state index is 13.6. The second-order valence-electron chi connectivity index (χ2n) is 25.4. The molecule has 3 unspecified atom stereocenters. The van der Waals surface area contributed by atoms with E-state index in [2.05, 4.69) is 99.0 Å². The summed E-state index contributed by atoms with van der Waals surface area (Å²) in [6.07, 6.45) is 85.6. The number of nitrogens with zero attached hydrogens (tertiary/aromatic N) is 1. The van der Waals surface area contributed by atoms with Gasteiger partial charge in [-0.05, 0) is 109 Å². The van der Waals surface area contributed by atoms with Crippen LogP contribution in [0.5, 0.6) is 0 Å². The number of amides is 1. The van der Waals surface area contributed by atoms with Crippen molar-refractivity contribution in [3.63, 3.8) is 0 Å². The lowest BCUT2D eigenvalue weighted by atomic mass is 10.0. The fraction of sp³-hybridized carbons (Fsp3) is 0.787. The number of likely N-dealkylation sites (N-methyl/N-ethyl adjacent to an activating group) is 1. The number of unbranched alkanes of at least 4 members (excludes halogenated alkanes) is 37. The molecule has 0 saturated carbocycles. The number of phosphoric acid groups is 1. The summed E-state index contributed by atoms with van der Waals surface area (Å²) >= 11 is 0. The van der Waals surface area contributed by atoms with Crippen molar-refractivity contribution >= 4 is 19.7 Å². The molecule has 0 heterocycles. The minimum Gasteiger partial charge on any atom is -0.756 e. The summed E-state index contributed by atoms with van der Waals surface area (Å²) < 4.78 is 30.4. The minimum absolute atomic E-state index is 0.0258. The summed E-state index contributed by atoms with van der Waals surface area (Å²) in [6, 6.07) is -0.896. The predicted octanol–water partition coefficient (Wildman–Crippen LogP) is 22.3. The molecule has 85 heavy (non-hydrogen) atoms. The molecule has 0 saturated heterocycles. The number of phosphoric ester groups is 1. The van der Waals surface area contributed by atoms with Gasteiger partial charge in [-0.15, -0.1) is 0 Å². The number of allylic oxidation sites excluding steroid dienone is 13. The Bertz CT molecular complexity index is 1730. The molecule has 0 radical (unpaired) electrons. The minimum atomic E-state index is -4.71. The van der Waals surface area contributed by atoms with Gasteiger partial charge in [0.05, 0.1) is 33.8 Å². The summed E-state index contributed by atoms with van der Waals surface area (Å²) in [4.78, 5) is 40.2. The number of hydrogen-bond donors (Lipinski definition) is 1. The molecule has 0 rings (SSSR count). The zero-order chi connectivity index (χ0) is 62.1. The van der Waals surface area contributed by atoms with Crippen molar-refractivity contribution in [2.75, 3.05) is 40.9 Å². The van der Waals surface area contributed by atoms with E-state index >= 15 is 0 Å². The molecule has 0 aromatic carbocycles. The van der Waals surface area contributed by atoms with Crippen LogP contribution in [0.1, 0.15) is 329 Å². The van der Waals surface area contributed by atoms with Gasteiger partial charge in [0.1, 0.15) is 19.3 Å². The molecule has 0 bridgehead atoms. The van der Waals surface area contributed by atoms with Gasteiger partial charge in [-0.3, -0.25) is 14.2 Å². The quantitative estimate of drug-likeness (QED) is 0.0212. The van der Waals surface area contributed by atoms with Gasteiger partial charge in [0, 0.05) is 12.8 Å². The second-order valence-corrected chi connectivity index (χ2v) is 26.8. The van der Waals surface area contributed by atoms with Crippen LogP contribution < -0.4 is 10.2 Å². The van der Waals surface area contributed by atoms with E-state index in [1.54, 1.807) is 0 Å². The first-order chi connectivity index (χ1) is 41.4. The van der Waals surface area contributed by atoms with Gasteiger partial charge in [0.2, 0.25) is 5.91 Å². The molecule has 3 atom stereocenters. The largest absolute Gasteiger partial charge is 0.756 e. The van der Waals surface area contributed by atoms with E-state index in [0.717, 1.165) is 96.3 Å². The Hall–Kier alpha value is -2.81. The maximum Gasteiger partial charge on any atom is 0.306 e. The van der Waals surface area contributed by atoms with Crippen molar-refractivity contribution in [2.24, 2.45) is 0 Å². The van der Waals surface area contributed by atoms with Gasteiger partial charge in [-0.25, -0.2) is 0 Å². The van der Waals surface area contributed by atoms with Crippen LogP contribution in [0.4, 0.5) is 0 Å². The van der Waals surface area contributed by atoms with Gasteiger partial charge < -0.3 is 28.5 Å². The van der Waals surface area contributed by atoms with Crippen molar-refractivity contribution in [1.29, 1.82) is 0 Å². The maximum absolute atomic E-state index is 13.6. The Morgan fingerprint density at radius 1 is 0.412 bits per heavy atom. The lowest BCUT2D eigenvalue weighted by Crippen LogP contribution is -2.47. The van der Waals surface area contributed by atoms with Crippen LogP contribution in [0.15, 0.2) is 85.1 Å². The van der Waals surface area contributed by atoms with Crippen molar-refractivity contribution < 1.29 is 37.3 Å². The van der Waals surface area contributed by atoms with E-state index in [0.29, 0.717) is 17.4 Å². The van der Waals surface area contributed by atoms with Crippen LogP contribution in [0, 0.1) is 0 Å². The molecule has 0 fully saturated rings. The van der Waals surface area contributed by atoms with Gasteiger partial charge in [0.15, 0.2) is 0 Å². The van der Waals surface area contributed by atoms with E-state index in [4.69, 9.17) is 13.8 Å². The first-order valence-electron chi connectivity index (χ1n) is 35.9. The molecular weight excluding hydrogens is 1070 g/mol. The van der Waals surface area contributed by atoms with Gasteiger partial charge >= 0.3 is 5.97 Å². The first kappa shape index (κ1) is 82.2. The third-order valence-electron chi connectivity index (χ3n) is 15.8. The monoisotopic (exact) mass is 1210 g/mol. The normalized spacial score (nSPS) is 14.0. The lowest BCUT2D eigenvalue weighted by Gasteiger charge is -2.30. The number of hydrogen-bond acceptors (Lipinski definition) is 7. The number of quaternary nitrogens is 1. The summed E-state index contributed by atoms with van der Waals surface area (Å²) in [5.74, 6) is -0.544. The fourth-order valence-corrected chi connectivity index (χ4v) is 11.0. The Morgan fingerprint density at radius 2 is 0.718 bits per heavy atom. The van der Waals surface area contributed by atoms with Crippen molar-refractivity contribution in [2.45, 2.75) is 341 Å². The topological polar surface area (TPSA) is 114 Å². The molecule has 10 heteroatoms. The Kier molecular flexibility index (Phi) is 62.1. The van der Waals surface area contributed by atoms with Gasteiger partial charge in [-0.2, -0.15) is 0 Å². The smallest absolute Gasteiger partial charge is 0.306 e.